The van der Waals surface area contributed by atoms with Crippen molar-refractivity contribution < 1.29 is 0 Å². The molecule has 0 spiro atoms. The van der Waals surface area contributed by atoms with Crippen LogP contribution in [0.25, 0.3) is 0 Å². The van der Waals surface area contributed by atoms with Crippen LogP contribution in [-0.2, 0) is 26.4 Å². The van der Waals surface area contributed by atoms with Crippen LogP contribution in [0.5, 0.6) is 0 Å². The topological polar surface area (TPSA) is 54.2 Å². The molecular weight excluding hydrogens is 346 g/mol. The number of aromatic nitrogens is 2. The van der Waals surface area contributed by atoms with Gasteiger partial charge in [-0.2, -0.15) is 5.10 Å². The molecule has 0 saturated carbocycles. The van der Waals surface area contributed by atoms with Crippen LogP contribution in [0.4, 0.5) is 0 Å². The van der Waals surface area contributed by atoms with E-state index in [1.54, 1.807) is 0 Å². The van der Waals surface area contributed by atoms with Gasteiger partial charge in [0.1, 0.15) is 0 Å². The highest BCUT2D eigenvalue weighted by Crippen LogP contribution is 2.18. The maximum absolute atomic E-state index is 6.11. The second-order valence-electron chi connectivity index (χ2n) is 6.32. The molecule has 2 rings (SSSR count). The summed E-state index contributed by atoms with van der Waals surface area (Å²) >= 11 is 6.11. The maximum atomic E-state index is 6.11. The minimum atomic E-state index is 0.108. The summed E-state index contributed by atoms with van der Waals surface area (Å²) in [7, 11) is 2.01. The molecule has 0 saturated heterocycles. The number of halogens is 1. The molecule has 0 radical (unpaired) electrons. The molecule has 2 N–H and O–H groups in total. The summed E-state index contributed by atoms with van der Waals surface area (Å²) in [6.45, 7) is 9.91. The molecule has 5 nitrogen and oxygen atoms in total. The van der Waals surface area contributed by atoms with Gasteiger partial charge in [-0.1, -0.05) is 37.6 Å². The van der Waals surface area contributed by atoms with Gasteiger partial charge < -0.3 is 10.6 Å². The van der Waals surface area contributed by atoms with Crippen LogP contribution in [0.3, 0.4) is 0 Å². The van der Waals surface area contributed by atoms with Gasteiger partial charge in [-0.25, -0.2) is 4.99 Å². The SMILES string of the molecule is CCNC(=NCc1c(CC)nn(C)c1CC)NC(C)c1cccc(Cl)c1. The lowest BCUT2D eigenvalue weighted by Gasteiger charge is -2.18. The monoisotopic (exact) mass is 375 g/mol. The van der Waals surface area contributed by atoms with Gasteiger partial charge in [-0.15, -0.1) is 0 Å². The van der Waals surface area contributed by atoms with Crippen molar-refractivity contribution in [1.82, 2.24) is 20.4 Å². The molecule has 1 aromatic carbocycles. The third kappa shape index (κ3) is 5.01. The molecule has 26 heavy (non-hydrogen) atoms. The summed E-state index contributed by atoms with van der Waals surface area (Å²) in [5.74, 6) is 0.799. The first-order valence-electron chi connectivity index (χ1n) is 9.33. The van der Waals surface area contributed by atoms with E-state index in [4.69, 9.17) is 16.6 Å². The highest BCUT2D eigenvalue weighted by atomic mass is 35.5. The number of hydrogen-bond donors (Lipinski definition) is 2. The fraction of sp³-hybridized carbons (Fsp3) is 0.500. The summed E-state index contributed by atoms with van der Waals surface area (Å²) in [4.78, 5) is 4.81. The Balaban J connectivity index is 2.19. The molecule has 0 aliphatic carbocycles. The Morgan fingerprint density at radius 2 is 2.04 bits per heavy atom. The minimum Gasteiger partial charge on any atom is -0.357 e. The van der Waals surface area contributed by atoms with Gasteiger partial charge in [0.15, 0.2) is 5.96 Å². The minimum absolute atomic E-state index is 0.108. The van der Waals surface area contributed by atoms with Crippen molar-refractivity contribution in [2.75, 3.05) is 6.54 Å². The molecule has 0 fully saturated rings. The van der Waals surface area contributed by atoms with Crippen LogP contribution in [0.2, 0.25) is 5.02 Å². The van der Waals surface area contributed by atoms with E-state index < -0.39 is 0 Å². The molecule has 1 unspecified atom stereocenters. The smallest absolute Gasteiger partial charge is 0.192 e. The Bertz CT molecular complexity index is 751. The summed E-state index contributed by atoms with van der Waals surface area (Å²) in [5.41, 5.74) is 4.76. The zero-order valence-corrected chi connectivity index (χ0v) is 17.2. The molecule has 6 heteroatoms. The molecule has 1 heterocycles. The van der Waals surface area contributed by atoms with Gasteiger partial charge in [0, 0.05) is 29.9 Å². The van der Waals surface area contributed by atoms with Gasteiger partial charge in [-0.3, -0.25) is 4.68 Å². The number of rotatable bonds is 7. The fourth-order valence-electron chi connectivity index (χ4n) is 3.11. The van der Waals surface area contributed by atoms with E-state index in [-0.39, 0.29) is 6.04 Å². The summed E-state index contributed by atoms with van der Waals surface area (Å²) < 4.78 is 1.98. The molecule has 1 atom stereocenters. The number of aliphatic imine (C=N–C) groups is 1. The third-order valence-corrected chi connectivity index (χ3v) is 4.70. The molecule has 1 aromatic heterocycles. The Morgan fingerprint density at radius 1 is 1.27 bits per heavy atom. The average Bonchev–Trinajstić information content (AvgIpc) is 2.94. The quantitative estimate of drug-likeness (QED) is 0.567. The zero-order valence-electron chi connectivity index (χ0n) is 16.4. The van der Waals surface area contributed by atoms with Crippen molar-refractivity contribution in [3.05, 3.63) is 51.8 Å². The van der Waals surface area contributed by atoms with Crippen molar-refractivity contribution in [3.63, 3.8) is 0 Å². The van der Waals surface area contributed by atoms with E-state index in [1.807, 2.05) is 29.9 Å². The molecule has 0 bridgehead atoms. The van der Waals surface area contributed by atoms with Crippen molar-refractivity contribution >= 4 is 17.6 Å². The van der Waals surface area contributed by atoms with E-state index in [2.05, 4.69) is 49.5 Å². The van der Waals surface area contributed by atoms with Crippen LogP contribution in [0.15, 0.2) is 29.3 Å². The standard InChI is InChI=1S/C20H30ClN5/c1-6-18-17(19(7-2)26(5)25-18)13-23-20(22-8-3)24-14(4)15-10-9-11-16(21)12-15/h9-12,14H,6-8,13H2,1-5H3,(H2,22,23,24). The molecule has 142 valence electrons. The van der Waals surface area contributed by atoms with Crippen LogP contribution >= 0.6 is 11.6 Å². The molecular formula is C20H30ClN5. The van der Waals surface area contributed by atoms with Crippen molar-refractivity contribution in [2.24, 2.45) is 12.0 Å². The summed E-state index contributed by atoms with van der Waals surface area (Å²) in [6.07, 6.45) is 1.87. The second-order valence-corrected chi connectivity index (χ2v) is 6.76. The summed E-state index contributed by atoms with van der Waals surface area (Å²) in [6, 6.07) is 8.01. The van der Waals surface area contributed by atoms with Gasteiger partial charge in [0.05, 0.1) is 18.3 Å². The van der Waals surface area contributed by atoms with Gasteiger partial charge in [0.2, 0.25) is 0 Å². The first-order chi connectivity index (χ1) is 12.5. The first kappa shape index (κ1) is 20.3. The molecule has 0 aliphatic heterocycles. The van der Waals surface area contributed by atoms with Crippen molar-refractivity contribution in [2.45, 2.75) is 53.1 Å². The van der Waals surface area contributed by atoms with Crippen molar-refractivity contribution in [1.29, 1.82) is 0 Å². The van der Waals surface area contributed by atoms with E-state index in [9.17, 15) is 0 Å². The Kier molecular flexibility index (Phi) is 7.51. The van der Waals surface area contributed by atoms with E-state index in [0.29, 0.717) is 6.54 Å². The number of nitrogens with zero attached hydrogens (tertiary/aromatic N) is 3. The number of aryl methyl sites for hydroxylation is 2. The molecule has 0 amide bonds. The largest absolute Gasteiger partial charge is 0.357 e. The third-order valence-electron chi connectivity index (χ3n) is 4.47. The van der Waals surface area contributed by atoms with Crippen LogP contribution in [-0.4, -0.2) is 22.3 Å². The number of hydrogen-bond acceptors (Lipinski definition) is 2. The average molecular weight is 376 g/mol. The fourth-order valence-corrected chi connectivity index (χ4v) is 3.31. The number of guanidine groups is 1. The lowest BCUT2D eigenvalue weighted by molar-refractivity contribution is 0.685. The van der Waals surface area contributed by atoms with Gasteiger partial charge in [0.25, 0.3) is 0 Å². The second kappa shape index (κ2) is 9.62. The number of benzene rings is 1. The van der Waals surface area contributed by atoms with Gasteiger partial charge >= 0.3 is 0 Å². The maximum Gasteiger partial charge on any atom is 0.192 e. The predicted octanol–water partition coefficient (Wildman–Crippen LogP) is 4.01. The highest BCUT2D eigenvalue weighted by molar-refractivity contribution is 6.30. The van der Waals surface area contributed by atoms with E-state index >= 15 is 0 Å². The number of nitrogens with one attached hydrogen (secondary N) is 2. The normalized spacial score (nSPS) is 12.9. The Hall–Kier alpha value is -2.01. The van der Waals surface area contributed by atoms with Crippen molar-refractivity contribution in [3.8, 4) is 0 Å². The lowest BCUT2D eigenvalue weighted by atomic mass is 10.1. The predicted molar refractivity (Wildman–Crippen MR) is 110 cm³/mol. The van der Waals surface area contributed by atoms with Crippen LogP contribution < -0.4 is 10.6 Å². The lowest BCUT2D eigenvalue weighted by Crippen LogP contribution is -2.38. The van der Waals surface area contributed by atoms with Crippen LogP contribution in [0, 0.1) is 0 Å². The van der Waals surface area contributed by atoms with E-state index in [0.717, 1.165) is 41.6 Å². The highest BCUT2D eigenvalue weighted by Gasteiger charge is 2.14. The van der Waals surface area contributed by atoms with Gasteiger partial charge in [-0.05, 0) is 44.4 Å². The van der Waals surface area contributed by atoms with Crippen LogP contribution in [0.1, 0.15) is 56.3 Å². The molecule has 2 aromatic rings. The summed E-state index contributed by atoms with van der Waals surface area (Å²) in [5, 5.41) is 12.2. The Morgan fingerprint density at radius 3 is 2.65 bits per heavy atom. The Labute approximate surface area is 161 Å². The first-order valence-corrected chi connectivity index (χ1v) is 9.71. The zero-order chi connectivity index (χ0) is 19.1. The van der Waals surface area contributed by atoms with E-state index in [1.165, 1.54) is 11.3 Å². The molecule has 0 aliphatic rings.